The molecule has 0 spiro atoms. The van der Waals surface area contributed by atoms with Gasteiger partial charge in [-0.1, -0.05) is 27.7 Å². The topological polar surface area (TPSA) is 91.9 Å². The van der Waals surface area contributed by atoms with Gasteiger partial charge >= 0.3 is 0 Å². The van der Waals surface area contributed by atoms with Crippen LogP contribution in [0.3, 0.4) is 0 Å². The number of anilines is 1. The normalized spacial score (nSPS) is 16.0. The number of hydrogen-bond donors (Lipinski definition) is 2. The number of nitrogens with two attached hydrogens (primary N) is 1. The van der Waals surface area contributed by atoms with Gasteiger partial charge in [-0.3, -0.25) is 9.69 Å². The Morgan fingerprint density at radius 1 is 1.43 bits per heavy atom. The summed E-state index contributed by atoms with van der Waals surface area (Å²) < 4.78 is 5.37. The van der Waals surface area contributed by atoms with Gasteiger partial charge in [0.2, 0.25) is 6.41 Å². The SMILES string of the molecule is CC(=C(CCO)SSCCN1CCOCC1)N(C=O)Cc1ccc(C)nc1N. The summed E-state index contributed by atoms with van der Waals surface area (Å²) in [4.78, 5) is 21.0. The molecule has 1 aromatic rings. The molecule has 9 heteroatoms. The third-order valence-corrected chi connectivity index (χ3v) is 7.17. The number of pyridine rings is 1. The van der Waals surface area contributed by atoms with Gasteiger partial charge in [0.25, 0.3) is 0 Å². The molecule has 2 heterocycles. The van der Waals surface area contributed by atoms with Crippen molar-refractivity contribution in [1.29, 1.82) is 0 Å². The summed E-state index contributed by atoms with van der Waals surface area (Å²) in [6.45, 7) is 8.78. The fourth-order valence-electron chi connectivity index (χ4n) is 2.81. The number of rotatable bonds is 11. The quantitative estimate of drug-likeness (QED) is 0.316. The number of carbonyl (C=O) groups excluding carboxylic acids is 1. The molecule has 28 heavy (non-hydrogen) atoms. The molecule has 0 bridgehead atoms. The molecule has 0 radical (unpaired) electrons. The summed E-state index contributed by atoms with van der Waals surface area (Å²) in [5.41, 5.74) is 8.49. The summed E-state index contributed by atoms with van der Waals surface area (Å²) in [5.74, 6) is 1.42. The Hall–Kier alpha value is -1.26. The number of aliphatic hydroxyl groups is 1. The third-order valence-electron chi connectivity index (χ3n) is 4.55. The number of carbonyl (C=O) groups is 1. The Labute approximate surface area is 175 Å². The largest absolute Gasteiger partial charge is 0.396 e. The van der Waals surface area contributed by atoms with Gasteiger partial charge in [-0.05, 0) is 19.9 Å². The predicted molar refractivity (Wildman–Crippen MR) is 117 cm³/mol. The molecule has 3 N–H and O–H groups in total. The van der Waals surface area contributed by atoms with Crippen LogP contribution >= 0.6 is 21.6 Å². The maximum absolute atomic E-state index is 11.7. The second kappa shape index (κ2) is 12.3. The van der Waals surface area contributed by atoms with Crippen LogP contribution < -0.4 is 5.73 Å². The molecule has 1 aliphatic rings. The number of morpholine rings is 1. The highest BCUT2D eigenvalue weighted by Crippen LogP contribution is 2.35. The number of nitrogens with zero attached hydrogens (tertiary/aromatic N) is 3. The van der Waals surface area contributed by atoms with E-state index < -0.39 is 0 Å². The predicted octanol–water partition coefficient (Wildman–Crippen LogP) is 2.26. The van der Waals surface area contributed by atoms with Gasteiger partial charge in [-0.25, -0.2) is 4.98 Å². The van der Waals surface area contributed by atoms with Crippen LogP contribution in [0, 0.1) is 6.92 Å². The van der Waals surface area contributed by atoms with Gasteiger partial charge in [0.05, 0.1) is 19.8 Å². The van der Waals surface area contributed by atoms with Gasteiger partial charge in [0.15, 0.2) is 0 Å². The lowest BCUT2D eigenvalue weighted by Gasteiger charge is -2.26. The highest BCUT2D eigenvalue weighted by Gasteiger charge is 2.15. The highest BCUT2D eigenvalue weighted by atomic mass is 33.1. The molecular formula is C19H30N4O3S2. The van der Waals surface area contributed by atoms with Crippen LogP contribution in [0.2, 0.25) is 0 Å². The number of ether oxygens (including phenoxy) is 1. The molecule has 7 nitrogen and oxygen atoms in total. The van der Waals surface area contributed by atoms with Crippen molar-refractivity contribution in [2.75, 3.05) is 50.9 Å². The summed E-state index contributed by atoms with van der Waals surface area (Å²) in [6.07, 6.45) is 1.33. The first kappa shape index (κ1) is 23.0. The Morgan fingerprint density at radius 3 is 2.82 bits per heavy atom. The number of aryl methyl sites for hydroxylation is 1. The summed E-state index contributed by atoms with van der Waals surface area (Å²) in [7, 11) is 3.38. The summed E-state index contributed by atoms with van der Waals surface area (Å²) in [6, 6.07) is 3.79. The molecule has 1 aliphatic heterocycles. The van der Waals surface area contributed by atoms with Crippen LogP contribution in [-0.2, 0) is 16.1 Å². The maximum atomic E-state index is 11.7. The number of hydrogen-bond acceptors (Lipinski definition) is 8. The van der Waals surface area contributed by atoms with Gasteiger partial charge in [-0.2, -0.15) is 0 Å². The monoisotopic (exact) mass is 426 g/mol. The van der Waals surface area contributed by atoms with Gasteiger partial charge in [0.1, 0.15) is 5.82 Å². The standard InChI is InChI=1S/C19H30N4O3S2/c1-15-3-4-17(19(20)21-15)13-23(14-25)16(2)18(5-9-24)28-27-12-8-22-6-10-26-11-7-22/h3-4,14,24H,5-13H2,1-2H3,(H2,20,21). The highest BCUT2D eigenvalue weighted by molar-refractivity contribution is 8.78. The first-order chi connectivity index (χ1) is 13.5. The first-order valence-electron chi connectivity index (χ1n) is 9.39. The van der Waals surface area contributed by atoms with Gasteiger partial charge in [-0.15, -0.1) is 0 Å². The fraction of sp³-hybridized carbons (Fsp3) is 0.579. The molecule has 2 rings (SSSR count). The number of amides is 1. The van der Waals surface area contributed by atoms with Crippen molar-refractivity contribution in [3.05, 3.63) is 34.0 Å². The fourth-order valence-corrected chi connectivity index (χ4v) is 5.29. The van der Waals surface area contributed by atoms with Crippen molar-refractivity contribution >= 4 is 33.8 Å². The van der Waals surface area contributed by atoms with E-state index in [0.29, 0.717) is 18.8 Å². The smallest absolute Gasteiger partial charge is 0.214 e. The number of allylic oxidation sites excluding steroid dienone is 1. The molecule has 1 fully saturated rings. The van der Waals surface area contributed by atoms with Crippen LogP contribution in [0.15, 0.2) is 22.7 Å². The van der Waals surface area contributed by atoms with Gasteiger partial charge in [0, 0.05) is 60.3 Å². The summed E-state index contributed by atoms with van der Waals surface area (Å²) in [5, 5.41) is 9.45. The van der Waals surface area contributed by atoms with Crippen molar-refractivity contribution in [2.24, 2.45) is 0 Å². The Kier molecular flexibility index (Phi) is 10.1. The zero-order chi connectivity index (χ0) is 20.4. The van der Waals surface area contributed by atoms with Gasteiger partial charge < -0.3 is 20.5 Å². The molecule has 0 unspecified atom stereocenters. The van der Waals surface area contributed by atoms with E-state index in [0.717, 1.165) is 66.9 Å². The second-order valence-electron chi connectivity index (χ2n) is 6.57. The van der Waals surface area contributed by atoms with Crippen LogP contribution in [0.25, 0.3) is 0 Å². The zero-order valence-corrected chi connectivity index (χ0v) is 18.2. The lowest BCUT2D eigenvalue weighted by atomic mass is 10.2. The Morgan fingerprint density at radius 2 is 2.18 bits per heavy atom. The Balaban J connectivity index is 1.96. The molecule has 156 valence electrons. The molecule has 0 atom stereocenters. The minimum Gasteiger partial charge on any atom is -0.396 e. The Bertz CT molecular complexity index is 667. The van der Waals surface area contributed by atoms with E-state index in [2.05, 4.69) is 9.88 Å². The average molecular weight is 427 g/mol. The summed E-state index contributed by atoms with van der Waals surface area (Å²) >= 11 is 0. The number of nitrogen functional groups attached to an aromatic ring is 1. The van der Waals surface area contributed by atoms with E-state index in [1.54, 1.807) is 26.5 Å². The van der Waals surface area contributed by atoms with Crippen LogP contribution in [-0.4, -0.2) is 71.5 Å². The van der Waals surface area contributed by atoms with E-state index in [1.165, 1.54) is 0 Å². The van der Waals surface area contributed by atoms with E-state index in [9.17, 15) is 9.90 Å². The maximum Gasteiger partial charge on any atom is 0.214 e. The molecule has 0 saturated carbocycles. The molecule has 0 aromatic carbocycles. The van der Waals surface area contributed by atoms with E-state index in [-0.39, 0.29) is 6.61 Å². The first-order valence-corrected chi connectivity index (χ1v) is 11.7. The molecule has 1 amide bonds. The van der Waals surface area contributed by atoms with Crippen molar-refractivity contribution < 1.29 is 14.6 Å². The van der Waals surface area contributed by atoms with E-state index >= 15 is 0 Å². The minimum absolute atomic E-state index is 0.0463. The van der Waals surface area contributed by atoms with Crippen molar-refractivity contribution in [3.63, 3.8) is 0 Å². The molecule has 1 aromatic heterocycles. The van der Waals surface area contributed by atoms with Crippen molar-refractivity contribution in [1.82, 2.24) is 14.8 Å². The lowest BCUT2D eigenvalue weighted by molar-refractivity contribution is -0.116. The van der Waals surface area contributed by atoms with Crippen molar-refractivity contribution in [2.45, 2.75) is 26.8 Å². The lowest BCUT2D eigenvalue weighted by Crippen LogP contribution is -2.37. The third kappa shape index (κ3) is 7.29. The van der Waals surface area contributed by atoms with Crippen molar-refractivity contribution in [3.8, 4) is 0 Å². The van der Waals surface area contributed by atoms with E-state index in [4.69, 9.17) is 10.5 Å². The molecule has 1 saturated heterocycles. The number of aliphatic hydroxyl groups excluding tert-OH is 1. The minimum atomic E-state index is 0.0463. The molecule has 0 aliphatic carbocycles. The number of aromatic nitrogens is 1. The average Bonchev–Trinajstić information content (AvgIpc) is 2.70. The van der Waals surface area contributed by atoms with Crippen LogP contribution in [0.4, 0.5) is 5.82 Å². The zero-order valence-electron chi connectivity index (χ0n) is 16.6. The van der Waals surface area contributed by atoms with E-state index in [1.807, 2.05) is 26.0 Å². The second-order valence-corrected chi connectivity index (χ2v) is 9.08. The van der Waals surface area contributed by atoms with Crippen LogP contribution in [0.5, 0.6) is 0 Å². The van der Waals surface area contributed by atoms with Crippen LogP contribution in [0.1, 0.15) is 24.6 Å². The molecular weight excluding hydrogens is 396 g/mol.